The van der Waals surface area contributed by atoms with E-state index >= 15 is 0 Å². The smallest absolute Gasteiger partial charge is 0.257 e. The molecule has 1 N–H and O–H groups in total. The van der Waals surface area contributed by atoms with Crippen LogP contribution in [0.1, 0.15) is 45.0 Å². The first-order valence-electron chi connectivity index (χ1n) is 11.6. The van der Waals surface area contributed by atoms with E-state index in [0.29, 0.717) is 56.0 Å². The van der Waals surface area contributed by atoms with Crippen LogP contribution in [0.5, 0.6) is 5.75 Å². The van der Waals surface area contributed by atoms with Crippen molar-refractivity contribution in [3.8, 4) is 5.75 Å². The van der Waals surface area contributed by atoms with E-state index in [1.807, 2.05) is 31.2 Å². The molecular weight excluding hydrogens is 450 g/mol. The number of benzene rings is 1. The van der Waals surface area contributed by atoms with Gasteiger partial charge in [-0.3, -0.25) is 14.4 Å². The molecule has 1 aromatic carbocycles. The van der Waals surface area contributed by atoms with Gasteiger partial charge in [0.2, 0.25) is 5.91 Å². The van der Waals surface area contributed by atoms with E-state index in [0.717, 1.165) is 5.56 Å². The molecule has 1 aliphatic rings. The number of methoxy groups -OCH3 is 1. The van der Waals surface area contributed by atoms with E-state index in [-0.39, 0.29) is 29.3 Å². The lowest BCUT2D eigenvalue weighted by Crippen LogP contribution is -2.34. The predicted molar refractivity (Wildman–Crippen MR) is 127 cm³/mol. The van der Waals surface area contributed by atoms with Crippen LogP contribution in [0.15, 0.2) is 39.8 Å². The quantitative estimate of drug-likeness (QED) is 0.549. The molecule has 0 radical (unpaired) electrons. The minimum atomic E-state index is -0.396. The van der Waals surface area contributed by atoms with Crippen molar-refractivity contribution in [3.05, 3.63) is 74.5 Å². The first kappa shape index (κ1) is 24.2. The summed E-state index contributed by atoms with van der Waals surface area (Å²) in [5.74, 6) is -0.168. The Morgan fingerprint density at radius 1 is 1.11 bits per heavy atom. The zero-order valence-corrected chi connectivity index (χ0v) is 20.2. The van der Waals surface area contributed by atoms with Crippen LogP contribution in [-0.4, -0.2) is 51.8 Å². The number of fused-ring (bicyclic) bond motifs is 1. The van der Waals surface area contributed by atoms with Crippen LogP contribution < -0.4 is 15.6 Å². The summed E-state index contributed by atoms with van der Waals surface area (Å²) in [6.45, 7) is 5.00. The second-order valence-electron chi connectivity index (χ2n) is 8.62. The maximum Gasteiger partial charge on any atom is 0.257 e. The Bertz CT molecular complexity index is 1280. The van der Waals surface area contributed by atoms with Gasteiger partial charge in [0, 0.05) is 44.2 Å². The van der Waals surface area contributed by atoms with E-state index < -0.39 is 5.91 Å². The van der Waals surface area contributed by atoms with Crippen molar-refractivity contribution in [3.63, 3.8) is 0 Å². The van der Waals surface area contributed by atoms with Gasteiger partial charge in [0.15, 0.2) is 0 Å². The molecule has 35 heavy (non-hydrogen) atoms. The molecule has 2 aromatic heterocycles. The highest BCUT2D eigenvalue weighted by atomic mass is 16.6. The van der Waals surface area contributed by atoms with E-state index in [1.165, 1.54) is 18.7 Å². The van der Waals surface area contributed by atoms with Gasteiger partial charge in [-0.15, -0.1) is 0 Å². The molecule has 4 rings (SSSR count). The summed E-state index contributed by atoms with van der Waals surface area (Å²) in [5, 5.41) is 10.3. The van der Waals surface area contributed by atoms with Crippen molar-refractivity contribution in [2.45, 2.75) is 46.2 Å². The molecular formula is C25H29N5O5. The van der Waals surface area contributed by atoms with Crippen molar-refractivity contribution in [1.29, 1.82) is 0 Å². The monoisotopic (exact) mass is 479 g/mol. The Morgan fingerprint density at radius 3 is 2.57 bits per heavy atom. The van der Waals surface area contributed by atoms with Gasteiger partial charge >= 0.3 is 0 Å². The summed E-state index contributed by atoms with van der Waals surface area (Å²) >= 11 is 0. The average Bonchev–Trinajstić information content (AvgIpc) is 3.13. The van der Waals surface area contributed by atoms with Crippen molar-refractivity contribution in [2.75, 3.05) is 20.2 Å². The summed E-state index contributed by atoms with van der Waals surface area (Å²) in [6.07, 6.45) is 1.40. The molecule has 2 amide bonds. The number of carbonyl (C=O) groups is 2. The van der Waals surface area contributed by atoms with Gasteiger partial charge in [0.05, 0.1) is 13.7 Å². The molecule has 10 heteroatoms. The third-order valence-corrected chi connectivity index (χ3v) is 6.30. The number of nitrogens with one attached hydrogen (secondary N) is 1. The van der Waals surface area contributed by atoms with Crippen LogP contribution in [0.3, 0.4) is 0 Å². The molecule has 0 saturated heterocycles. The summed E-state index contributed by atoms with van der Waals surface area (Å²) in [7, 11) is 1.42. The van der Waals surface area contributed by atoms with E-state index in [1.54, 1.807) is 16.4 Å². The zero-order chi connectivity index (χ0) is 24.9. The van der Waals surface area contributed by atoms with Crippen LogP contribution >= 0.6 is 0 Å². The Labute approximate surface area is 202 Å². The highest BCUT2D eigenvalue weighted by Gasteiger charge is 2.26. The van der Waals surface area contributed by atoms with Crippen molar-refractivity contribution >= 4 is 11.8 Å². The average molecular weight is 480 g/mol. The lowest BCUT2D eigenvalue weighted by molar-refractivity contribution is -0.131. The van der Waals surface area contributed by atoms with Crippen molar-refractivity contribution < 1.29 is 19.0 Å². The van der Waals surface area contributed by atoms with Gasteiger partial charge in [-0.25, -0.2) is 4.63 Å². The molecule has 1 aliphatic heterocycles. The Hall–Kier alpha value is -3.95. The SMILES string of the molecule is COc1cc(=O)n2c(c1C(=O)NCc1nonc1C)CCN(C(=O)CCc1ccc(C)cc1)CC2. The van der Waals surface area contributed by atoms with Gasteiger partial charge < -0.3 is 19.5 Å². The van der Waals surface area contributed by atoms with Crippen molar-refractivity contribution in [1.82, 2.24) is 25.1 Å². The van der Waals surface area contributed by atoms with Gasteiger partial charge in [-0.2, -0.15) is 0 Å². The van der Waals surface area contributed by atoms with Gasteiger partial charge in [-0.1, -0.05) is 40.1 Å². The lowest BCUT2D eigenvalue weighted by atomic mass is 10.1. The molecule has 3 heterocycles. The number of pyridine rings is 1. The minimum absolute atomic E-state index is 0.0263. The van der Waals surface area contributed by atoms with Crippen LogP contribution in [0, 0.1) is 13.8 Å². The van der Waals surface area contributed by atoms with Crippen LogP contribution in [0.4, 0.5) is 0 Å². The lowest BCUT2D eigenvalue weighted by Gasteiger charge is -2.20. The maximum absolute atomic E-state index is 13.2. The van der Waals surface area contributed by atoms with Gasteiger partial charge in [0.1, 0.15) is 22.7 Å². The normalized spacial score (nSPS) is 13.2. The number of aromatic nitrogens is 3. The number of aryl methyl sites for hydroxylation is 3. The standard InChI is InChI=1S/C25H29N5O5/c1-16-4-6-18(7-5-16)8-9-22(31)29-11-10-20-24(21(34-3)14-23(32)30(20)13-12-29)25(33)26-15-19-17(2)27-35-28-19/h4-7,14H,8-13,15H2,1-3H3,(H,26,33). The van der Waals surface area contributed by atoms with Crippen LogP contribution in [0.25, 0.3) is 0 Å². The number of hydrogen-bond acceptors (Lipinski definition) is 7. The second kappa shape index (κ2) is 10.5. The first-order chi connectivity index (χ1) is 16.9. The van der Waals surface area contributed by atoms with E-state index in [9.17, 15) is 14.4 Å². The molecule has 0 unspecified atom stereocenters. The highest BCUT2D eigenvalue weighted by molar-refractivity contribution is 5.98. The zero-order valence-electron chi connectivity index (χ0n) is 20.2. The number of amides is 2. The molecule has 0 aliphatic carbocycles. The molecule has 0 bridgehead atoms. The predicted octanol–water partition coefficient (Wildman–Crippen LogP) is 1.80. The summed E-state index contributed by atoms with van der Waals surface area (Å²) in [6, 6.07) is 9.46. The Morgan fingerprint density at radius 2 is 1.89 bits per heavy atom. The molecule has 3 aromatic rings. The van der Waals surface area contributed by atoms with E-state index in [4.69, 9.17) is 4.74 Å². The minimum Gasteiger partial charge on any atom is -0.496 e. The maximum atomic E-state index is 13.2. The second-order valence-corrected chi connectivity index (χ2v) is 8.62. The number of hydrogen-bond donors (Lipinski definition) is 1. The van der Waals surface area contributed by atoms with Crippen molar-refractivity contribution in [2.24, 2.45) is 0 Å². The number of ether oxygens (including phenoxy) is 1. The number of nitrogens with zero attached hydrogens (tertiary/aromatic N) is 4. The fourth-order valence-corrected chi connectivity index (χ4v) is 4.23. The highest BCUT2D eigenvalue weighted by Crippen LogP contribution is 2.23. The molecule has 0 fully saturated rings. The van der Waals surface area contributed by atoms with Crippen LogP contribution in [0.2, 0.25) is 0 Å². The molecule has 0 spiro atoms. The number of carbonyl (C=O) groups excluding carboxylic acids is 2. The van der Waals surface area contributed by atoms with Crippen LogP contribution in [-0.2, 0) is 30.7 Å². The fourth-order valence-electron chi connectivity index (χ4n) is 4.23. The third kappa shape index (κ3) is 5.42. The Kier molecular flexibility index (Phi) is 7.28. The van der Waals surface area contributed by atoms with E-state index in [2.05, 4.69) is 20.3 Å². The molecule has 184 valence electrons. The van der Waals surface area contributed by atoms with Gasteiger partial charge in [-0.05, 0) is 25.8 Å². The summed E-state index contributed by atoms with van der Waals surface area (Å²) in [4.78, 5) is 40.7. The fraction of sp³-hybridized carbons (Fsp3) is 0.400. The topological polar surface area (TPSA) is 120 Å². The van der Waals surface area contributed by atoms with Gasteiger partial charge in [0.25, 0.3) is 11.5 Å². The Balaban J connectivity index is 1.50. The number of rotatable bonds is 7. The molecule has 0 atom stereocenters. The molecule has 10 nitrogen and oxygen atoms in total. The molecule has 0 saturated carbocycles. The first-order valence-corrected chi connectivity index (χ1v) is 11.6. The largest absolute Gasteiger partial charge is 0.496 e. The summed E-state index contributed by atoms with van der Waals surface area (Å²) in [5.41, 5.74) is 3.96. The third-order valence-electron chi connectivity index (χ3n) is 6.30. The summed E-state index contributed by atoms with van der Waals surface area (Å²) < 4.78 is 11.6.